The van der Waals surface area contributed by atoms with Gasteiger partial charge >= 0.3 is 5.96 Å². The lowest BCUT2D eigenvalue weighted by atomic mass is 10.1. The van der Waals surface area contributed by atoms with E-state index in [0.29, 0.717) is 25.2 Å². The lowest BCUT2D eigenvalue weighted by Crippen LogP contribution is -2.45. The molecule has 0 unspecified atom stereocenters. The molecule has 0 aliphatic heterocycles. The first kappa shape index (κ1) is 29.5. The molecule has 0 bridgehead atoms. The van der Waals surface area contributed by atoms with Crippen LogP contribution in [0.5, 0.6) is 11.5 Å². The first-order valence-corrected chi connectivity index (χ1v) is 14.9. The van der Waals surface area contributed by atoms with E-state index < -0.39 is 0 Å². The third-order valence-corrected chi connectivity index (χ3v) is 7.28. The van der Waals surface area contributed by atoms with Crippen molar-refractivity contribution in [1.29, 1.82) is 0 Å². The van der Waals surface area contributed by atoms with Crippen molar-refractivity contribution in [2.45, 2.75) is 76.5 Å². The third kappa shape index (κ3) is 10.6. The van der Waals surface area contributed by atoms with Crippen LogP contribution in [0.3, 0.4) is 0 Å². The molecule has 1 fully saturated rings. The van der Waals surface area contributed by atoms with Crippen LogP contribution in [0.15, 0.2) is 84.9 Å². The van der Waals surface area contributed by atoms with E-state index in [-0.39, 0.29) is 6.04 Å². The van der Waals surface area contributed by atoms with Crippen LogP contribution < -0.4 is 20.9 Å². The number of rotatable bonds is 19. The zero-order valence-corrected chi connectivity index (χ0v) is 23.8. The molecule has 3 aromatic rings. The molecule has 4 rings (SSSR count). The van der Waals surface area contributed by atoms with Crippen molar-refractivity contribution in [3.8, 4) is 11.5 Å². The van der Waals surface area contributed by atoms with E-state index in [2.05, 4.69) is 41.0 Å². The predicted molar refractivity (Wildman–Crippen MR) is 162 cm³/mol. The van der Waals surface area contributed by atoms with E-state index in [0.717, 1.165) is 62.4 Å². The van der Waals surface area contributed by atoms with Gasteiger partial charge in [0.1, 0.15) is 24.1 Å². The maximum atomic E-state index is 6.12. The molecule has 40 heavy (non-hydrogen) atoms. The van der Waals surface area contributed by atoms with Gasteiger partial charge in [-0.3, -0.25) is 16.0 Å². The van der Waals surface area contributed by atoms with Gasteiger partial charge in [-0.25, -0.2) is 0 Å². The fraction of sp³-hybridized carbons (Fsp3) is 0.441. The van der Waals surface area contributed by atoms with Crippen molar-refractivity contribution in [2.24, 2.45) is 11.5 Å². The Morgan fingerprint density at radius 2 is 1.23 bits per heavy atom. The topological polar surface area (TPSA) is 82.7 Å². The molecule has 1 aliphatic rings. The zero-order valence-electron chi connectivity index (χ0n) is 23.8. The van der Waals surface area contributed by atoms with Crippen LogP contribution in [0.1, 0.15) is 62.5 Å². The van der Waals surface area contributed by atoms with Crippen LogP contribution in [0, 0.1) is 0 Å². The Morgan fingerprint density at radius 1 is 0.675 bits per heavy atom. The Morgan fingerprint density at radius 3 is 1.82 bits per heavy atom. The highest BCUT2D eigenvalue weighted by molar-refractivity contribution is 5.70. The molecule has 3 aromatic carbocycles. The minimum Gasteiger partial charge on any atom is -0.494 e. The van der Waals surface area contributed by atoms with E-state index >= 15 is 0 Å². The summed E-state index contributed by atoms with van der Waals surface area (Å²) in [4.78, 5) is 0. The van der Waals surface area contributed by atoms with Gasteiger partial charge in [-0.2, -0.15) is 0 Å². The number of ether oxygens (including phenoxy) is 3. The highest BCUT2D eigenvalue weighted by Gasteiger charge is 2.35. The van der Waals surface area contributed by atoms with Crippen LogP contribution in [0.25, 0.3) is 0 Å². The first-order chi connectivity index (χ1) is 19.7. The maximum Gasteiger partial charge on any atom is 0.341 e. The molecule has 0 amide bonds. The van der Waals surface area contributed by atoms with Gasteiger partial charge in [-0.05, 0) is 61.1 Å². The molecule has 1 aliphatic carbocycles. The van der Waals surface area contributed by atoms with Gasteiger partial charge in [-0.15, -0.1) is 0 Å². The quantitative estimate of drug-likeness (QED) is 0.0830. The highest BCUT2D eigenvalue weighted by Crippen LogP contribution is 2.26. The second kappa shape index (κ2) is 16.6. The van der Waals surface area contributed by atoms with Crippen LogP contribution in [0.2, 0.25) is 0 Å². The molecule has 1 saturated carbocycles. The normalized spacial score (nSPS) is 13.5. The van der Waals surface area contributed by atoms with Crippen LogP contribution >= 0.6 is 0 Å². The number of nitrogens with zero attached hydrogens (tertiary/aromatic N) is 1. The average Bonchev–Trinajstić information content (AvgIpc) is 3.81. The number of unbranched alkanes of at least 4 members (excludes halogenated alkanes) is 5. The number of hydrogen-bond donors (Lipinski definition) is 2. The van der Waals surface area contributed by atoms with Crippen LogP contribution in [-0.2, 0) is 17.8 Å². The molecule has 0 spiro atoms. The Labute approximate surface area is 240 Å². The number of benzene rings is 3. The van der Waals surface area contributed by atoms with E-state index in [1.165, 1.54) is 31.2 Å². The summed E-state index contributed by atoms with van der Waals surface area (Å²) < 4.78 is 20.1. The van der Waals surface area contributed by atoms with Gasteiger partial charge in [0.15, 0.2) is 0 Å². The number of nitrogens with two attached hydrogens (primary N) is 2. The fourth-order valence-corrected chi connectivity index (χ4v) is 4.99. The summed E-state index contributed by atoms with van der Waals surface area (Å²) in [6.45, 7) is 2.75. The Kier molecular flexibility index (Phi) is 12.2. The second-order valence-electron chi connectivity index (χ2n) is 10.7. The molecule has 0 heterocycles. The minimum atomic E-state index is 0.179. The molecule has 0 aromatic heterocycles. The molecular weight excluding hydrogens is 498 g/mol. The van der Waals surface area contributed by atoms with Gasteiger partial charge in [0.05, 0.1) is 19.3 Å². The Bertz CT molecular complexity index is 1130. The van der Waals surface area contributed by atoms with Crippen molar-refractivity contribution >= 4 is 5.96 Å². The summed E-state index contributed by atoms with van der Waals surface area (Å²) >= 11 is 0. The maximum absolute atomic E-state index is 6.12. The van der Waals surface area contributed by atoms with Gasteiger partial charge < -0.3 is 14.2 Å². The lowest BCUT2D eigenvalue weighted by Gasteiger charge is -2.21. The van der Waals surface area contributed by atoms with Gasteiger partial charge in [0, 0.05) is 13.0 Å². The molecule has 1 atom stereocenters. The molecule has 6 nitrogen and oxygen atoms in total. The SMILES string of the molecule is NC(N)=[N+](C1CC1)[C@H](COCCCCCCCCOc1ccc(OCc2ccccc2)cc1)Cc1ccccc1. The van der Waals surface area contributed by atoms with Gasteiger partial charge in [0.2, 0.25) is 0 Å². The second-order valence-corrected chi connectivity index (χ2v) is 10.7. The molecule has 0 radical (unpaired) electrons. The standard InChI is InChI=1S/C34H45N3O3/c35-34(36)37(30-17-18-30)31(25-28-13-7-5-8-14-28)27-38-23-11-3-1-2-4-12-24-39-32-19-21-33(22-20-32)40-26-29-15-9-6-10-16-29/h5-10,13-16,19-22,30-31H,1-4,11-12,17-18,23-27H2,(H3,35,36)/p+1/t31-/m0/s1. The van der Waals surface area contributed by atoms with E-state index in [9.17, 15) is 0 Å². The van der Waals surface area contributed by atoms with Crippen LogP contribution in [-0.4, -0.2) is 42.4 Å². The van der Waals surface area contributed by atoms with Crippen molar-refractivity contribution in [1.82, 2.24) is 0 Å². The summed E-state index contributed by atoms with van der Waals surface area (Å²) in [7, 11) is 0. The summed E-state index contributed by atoms with van der Waals surface area (Å²) in [5, 5.41) is 0. The predicted octanol–water partition coefficient (Wildman–Crippen LogP) is 6.06. The number of hydrogen-bond acceptors (Lipinski definition) is 3. The van der Waals surface area contributed by atoms with E-state index in [1.54, 1.807) is 0 Å². The number of guanidine groups is 1. The van der Waals surface area contributed by atoms with E-state index in [1.807, 2.05) is 48.5 Å². The highest BCUT2D eigenvalue weighted by atomic mass is 16.5. The van der Waals surface area contributed by atoms with Crippen molar-refractivity contribution < 1.29 is 18.8 Å². The molecular formula is C34H46N3O3+. The zero-order chi connectivity index (χ0) is 27.8. The first-order valence-electron chi connectivity index (χ1n) is 14.9. The fourth-order valence-electron chi connectivity index (χ4n) is 4.99. The Balaban J connectivity index is 1.03. The summed E-state index contributed by atoms with van der Waals surface area (Å²) in [6.07, 6.45) is 10.2. The van der Waals surface area contributed by atoms with Crippen molar-refractivity contribution in [3.63, 3.8) is 0 Å². The van der Waals surface area contributed by atoms with E-state index in [4.69, 9.17) is 25.7 Å². The smallest absolute Gasteiger partial charge is 0.341 e. The van der Waals surface area contributed by atoms with Crippen molar-refractivity contribution in [3.05, 3.63) is 96.1 Å². The van der Waals surface area contributed by atoms with Gasteiger partial charge in [0.25, 0.3) is 0 Å². The third-order valence-electron chi connectivity index (χ3n) is 7.28. The van der Waals surface area contributed by atoms with Gasteiger partial charge in [-0.1, -0.05) is 86.3 Å². The molecule has 0 saturated heterocycles. The molecule has 214 valence electrons. The summed E-state index contributed by atoms with van der Waals surface area (Å²) in [5.74, 6) is 2.17. The Hall–Kier alpha value is -3.51. The average molecular weight is 545 g/mol. The monoisotopic (exact) mass is 544 g/mol. The lowest BCUT2D eigenvalue weighted by molar-refractivity contribution is -0.584. The minimum absolute atomic E-state index is 0.179. The van der Waals surface area contributed by atoms with Crippen molar-refractivity contribution in [2.75, 3.05) is 19.8 Å². The summed E-state index contributed by atoms with van der Waals surface area (Å²) in [5.41, 5.74) is 14.6. The summed E-state index contributed by atoms with van der Waals surface area (Å²) in [6, 6.07) is 29.3. The largest absolute Gasteiger partial charge is 0.494 e. The van der Waals surface area contributed by atoms with Crippen LogP contribution in [0.4, 0.5) is 0 Å². The molecule has 4 N–H and O–H groups in total. The molecule has 6 heteroatoms.